The molecule has 23 heavy (non-hydrogen) atoms. The molecule has 1 amide bonds. The number of piperidine rings is 1. The van der Waals surface area contributed by atoms with E-state index in [0.717, 1.165) is 38.2 Å². The van der Waals surface area contributed by atoms with Crippen LogP contribution in [0.2, 0.25) is 0 Å². The first kappa shape index (κ1) is 15.7. The summed E-state index contributed by atoms with van der Waals surface area (Å²) in [6, 6.07) is 5.89. The van der Waals surface area contributed by atoms with Crippen molar-refractivity contribution in [2.75, 3.05) is 25.0 Å². The van der Waals surface area contributed by atoms with Crippen molar-refractivity contribution in [3.05, 3.63) is 42.4 Å². The van der Waals surface area contributed by atoms with Crippen LogP contribution in [-0.4, -0.2) is 51.8 Å². The van der Waals surface area contributed by atoms with Crippen molar-refractivity contribution in [2.45, 2.75) is 25.3 Å². The number of hydrogen-bond acceptors (Lipinski definition) is 4. The number of carbonyl (C=O) groups is 1. The van der Waals surface area contributed by atoms with E-state index in [0.29, 0.717) is 0 Å². The van der Waals surface area contributed by atoms with E-state index < -0.39 is 0 Å². The van der Waals surface area contributed by atoms with Crippen molar-refractivity contribution in [3.8, 4) is 0 Å². The Balaban J connectivity index is 1.63. The second-order valence-corrected chi connectivity index (χ2v) is 6.08. The number of likely N-dealkylation sites (N-methyl/N-ethyl adjacent to an activating group) is 1. The Hall–Kier alpha value is -2.21. The maximum Gasteiger partial charge on any atom is 0.245 e. The van der Waals surface area contributed by atoms with Gasteiger partial charge in [0.05, 0.1) is 6.04 Å². The van der Waals surface area contributed by atoms with Crippen molar-refractivity contribution < 1.29 is 4.79 Å². The van der Waals surface area contributed by atoms with E-state index in [4.69, 9.17) is 0 Å². The van der Waals surface area contributed by atoms with E-state index in [1.807, 2.05) is 55.8 Å². The number of hydrogen-bond donors (Lipinski definition) is 0. The highest BCUT2D eigenvalue weighted by Gasteiger charge is 2.33. The van der Waals surface area contributed by atoms with Crippen LogP contribution >= 0.6 is 0 Å². The number of nitrogens with zero attached hydrogens (tertiary/aromatic N) is 5. The van der Waals surface area contributed by atoms with E-state index in [1.54, 1.807) is 4.68 Å². The van der Waals surface area contributed by atoms with Crippen LogP contribution in [0.3, 0.4) is 0 Å². The normalized spacial score (nSPS) is 18.7. The van der Waals surface area contributed by atoms with E-state index in [9.17, 15) is 4.79 Å². The molecule has 0 N–H and O–H groups in total. The van der Waals surface area contributed by atoms with Crippen LogP contribution in [-0.2, 0) is 18.3 Å². The maximum atomic E-state index is 12.8. The number of pyridine rings is 1. The highest BCUT2D eigenvalue weighted by molar-refractivity contribution is 5.97. The molecule has 1 saturated heterocycles. The predicted octanol–water partition coefficient (Wildman–Crippen LogP) is 1.48. The Labute approximate surface area is 136 Å². The minimum atomic E-state index is -0.0624. The quantitative estimate of drug-likeness (QED) is 0.839. The molecule has 6 heteroatoms. The molecule has 0 aliphatic carbocycles. The van der Waals surface area contributed by atoms with Crippen LogP contribution in [0.4, 0.5) is 5.82 Å². The summed E-state index contributed by atoms with van der Waals surface area (Å²) in [5.74, 6) is 0.914. The third kappa shape index (κ3) is 3.59. The molecule has 0 unspecified atom stereocenters. The number of amides is 1. The lowest BCUT2D eigenvalue weighted by Crippen LogP contribution is -2.52. The molecular formula is C17H23N5O. The Morgan fingerprint density at radius 1 is 1.30 bits per heavy atom. The van der Waals surface area contributed by atoms with Crippen LogP contribution < -0.4 is 4.90 Å². The van der Waals surface area contributed by atoms with Crippen molar-refractivity contribution in [1.29, 1.82) is 0 Å². The summed E-state index contributed by atoms with van der Waals surface area (Å²) < 4.78 is 1.74. The van der Waals surface area contributed by atoms with Crippen molar-refractivity contribution in [1.82, 2.24) is 19.7 Å². The van der Waals surface area contributed by atoms with Crippen LogP contribution in [0, 0.1) is 0 Å². The van der Waals surface area contributed by atoms with Gasteiger partial charge < -0.3 is 0 Å². The van der Waals surface area contributed by atoms with Gasteiger partial charge in [-0.2, -0.15) is 5.10 Å². The first-order chi connectivity index (χ1) is 11.1. The van der Waals surface area contributed by atoms with Gasteiger partial charge >= 0.3 is 0 Å². The average Bonchev–Trinajstić information content (AvgIpc) is 3.00. The zero-order chi connectivity index (χ0) is 16.2. The minimum absolute atomic E-state index is 0.0624. The van der Waals surface area contributed by atoms with E-state index in [-0.39, 0.29) is 11.9 Å². The molecule has 3 rings (SSSR count). The van der Waals surface area contributed by atoms with Gasteiger partial charge in [-0.3, -0.25) is 24.3 Å². The largest absolute Gasteiger partial charge is 0.295 e. The van der Waals surface area contributed by atoms with Gasteiger partial charge in [-0.25, -0.2) is 0 Å². The van der Waals surface area contributed by atoms with Crippen molar-refractivity contribution in [3.63, 3.8) is 0 Å². The fraction of sp³-hybridized carbons (Fsp3) is 0.471. The lowest BCUT2D eigenvalue weighted by molar-refractivity contribution is -0.124. The van der Waals surface area contributed by atoms with E-state index in [1.165, 1.54) is 5.56 Å². The molecule has 0 aromatic carbocycles. The van der Waals surface area contributed by atoms with Crippen molar-refractivity contribution in [2.24, 2.45) is 7.05 Å². The molecule has 0 saturated carbocycles. The monoisotopic (exact) mass is 313 g/mol. The van der Waals surface area contributed by atoms with Gasteiger partial charge in [0.25, 0.3) is 0 Å². The molecule has 3 heterocycles. The molecule has 1 atom stereocenters. The second-order valence-electron chi connectivity index (χ2n) is 6.08. The van der Waals surface area contributed by atoms with Crippen LogP contribution in [0.25, 0.3) is 0 Å². The maximum absolute atomic E-state index is 12.8. The van der Waals surface area contributed by atoms with Crippen LogP contribution in [0.1, 0.15) is 18.4 Å². The fourth-order valence-corrected chi connectivity index (χ4v) is 3.05. The predicted molar refractivity (Wildman–Crippen MR) is 89.2 cm³/mol. The number of carbonyl (C=O) groups excluding carboxylic acids is 1. The number of aryl methyl sites for hydroxylation is 1. The van der Waals surface area contributed by atoms with Gasteiger partial charge in [-0.1, -0.05) is 0 Å². The standard InChI is InChI=1S/C17H23N5O/c1-20(12-7-14-5-9-18-10-6-14)15-4-3-11-22(17(15)23)16-8-13-21(2)19-16/h5-6,8-10,13,15H,3-4,7,11-12H2,1-2H3/t15-/m1/s1. The van der Waals surface area contributed by atoms with Gasteiger partial charge in [0.2, 0.25) is 5.91 Å². The third-order valence-corrected chi connectivity index (χ3v) is 4.42. The lowest BCUT2D eigenvalue weighted by Gasteiger charge is -2.35. The van der Waals surface area contributed by atoms with Crippen LogP contribution in [0.5, 0.6) is 0 Å². The molecule has 2 aromatic rings. The Morgan fingerprint density at radius 2 is 2.09 bits per heavy atom. The van der Waals surface area contributed by atoms with Crippen molar-refractivity contribution >= 4 is 11.7 Å². The van der Waals surface area contributed by atoms with Gasteiger partial charge in [-0.15, -0.1) is 0 Å². The number of rotatable bonds is 5. The molecule has 1 aliphatic rings. The summed E-state index contributed by atoms with van der Waals surface area (Å²) >= 11 is 0. The highest BCUT2D eigenvalue weighted by Crippen LogP contribution is 2.21. The SMILES string of the molecule is CN(CCc1ccncc1)[C@@H]1CCCN(c2ccn(C)n2)C1=O. The van der Waals surface area contributed by atoms with Gasteiger partial charge in [0, 0.05) is 44.8 Å². The first-order valence-corrected chi connectivity index (χ1v) is 8.05. The summed E-state index contributed by atoms with van der Waals surface area (Å²) in [5, 5.41) is 4.37. The Kier molecular flexibility index (Phi) is 4.71. The first-order valence-electron chi connectivity index (χ1n) is 8.05. The van der Waals surface area contributed by atoms with Gasteiger partial charge in [0.1, 0.15) is 0 Å². The lowest BCUT2D eigenvalue weighted by atomic mass is 10.0. The third-order valence-electron chi connectivity index (χ3n) is 4.42. The Morgan fingerprint density at radius 3 is 2.78 bits per heavy atom. The molecule has 122 valence electrons. The second kappa shape index (κ2) is 6.91. The number of anilines is 1. The summed E-state index contributed by atoms with van der Waals surface area (Å²) in [6.45, 7) is 1.61. The molecule has 0 spiro atoms. The minimum Gasteiger partial charge on any atom is -0.295 e. The summed E-state index contributed by atoms with van der Waals surface area (Å²) in [5.41, 5.74) is 1.25. The molecular weight excluding hydrogens is 290 g/mol. The van der Waals surface area contributed by atoms with E-state index >= 15 is 0 Å². The Bertz CT molecular complexity index is 654. The average molecular weight is 313 g/mol. The molecule has 2 aromatic heterocycles. The summed E-state index contributed by atoms with van der Waals surface area (Å²) in [7, 11) is 3.90. The number of aromatic nitrogens is 3. The molecule has 0 bridgehead atoms. The topological polar surface area (TPSA) is 54.3 Å². The summed E-state index contributed by atoms with van der Waals surface area (Å²) in [4.78, 5) is 20.8. The molecule has 6 nitrogen and oxygen atoms in total. The van der Waals surface area contributed by atoms with Gasteiger partial charge in [-0.05, 0) is 44.0 Å². The molecule has 1 aliphatic heterocycles. The van der Waals surface area contributed by atoms with E-state index in [2.05, 4.69) is 15.0 Å². The van der Waals surface area contributed by atoms with Gasteiger partial charge in [0.15, 0.2) is 5.82 Å². The molecule has 0 radical (unpaired) electrons. The summed E-state index contributed by atoms with van der Waals surface area (Å²) in [6.07, 6.45) is 8.33. The highest BCUT2D eigenvalue weighted by atomic mass is 16.2. The zero-order valence-electron chi connectivity index (χ0n) is 13.7. The smallest absolute Gasteiger partial charge is 0.245 e. The molecule has 1 fully saturated rings. The fourth-order valence-electron chi connectivity index (χ4n) is 3.05. The zero-order valence-corrected chi connectivity index (χ0v) is 13.7. The van der Waals surface area contributed by atoms with Crippen LogP contribution in [0.15, 0.2) is 36.8 Å².